The zero-order chi connectivity index (χ0) is 22.6. The molecule has 1 unspecified atom stereocenters. The molecule has 1 amide bonds. The third-order valence-electron chi connectivity index (χ3n) is 6.66. The number of carbonyl (C=O) groups is 1. The molecule has 1 atom stereocenters. The standard InChI is InChI=1S/C27H31N3O3/c1-29-27(33-22-14-6-3-7-15-22)24(25(28-29)20-10-4-2-5-11-20)19-30(18-23-16-9-17-32-23)26(31)21-12-8-13-21/h2-7,10-11,14-15,21,23H,8-9,12-13,16-19H2,1H3. The Kier molecular flexibility index (Phi) is 6.44. The number of amides is 1. The number of hydrogen-bond acceptors (Lipinski definition) is 4. The molecule has 6 nitrogen and oxygen atoms in total. The number of aryl methyl sites for hydroxylation is 1. The lowest BCUT2D eigenvalue weighted by Crippen LogP contribution is -2.42. The molecule has 33 heavy (non-hydrogen) atoms. The van der Waals surface area contributed by atoms with Crippen LogP contribution < -0.4 is 4.74 Å². The maximum Gasteiger partial charge on any atom is 0.226 e. The molecule has 0 bridgehead atoms. The van der Waals surface area contributed by atoms with Gasteiger partial charge in [-0.1, -0.05) is 55.0 Å². The van der Waals surface area contributed by atoms with E-state index in [1.807, 2.05) is 60.5 Å². The number of benzene rings is 2. The van der Waals surface area contributed by atoms with Gasteiger partial charge in [-0.2, -0.15) is 5.10 Å². The SMILES string of the molecule is Cn1nc(-c2ccccc2)c(CN(CC2CCCO2)C(=O)C2CCC2)c1Oc1ccccc1. The fourth-order valence-corrected chi connectivity index (χ4v) is 4.62. The van der Waals surface area contributed by atoms with Crippen LogP contribution in [0, 0.1) is 5.92 Å². The highest BCUT2D eigenvalue weighted by atomic mass is 16.5. The van der Waals surface area contributed by atoms with Crippen molar-refractivity contribution in [2.75, 3.05) is 13.2 Å². The Morgan fingerprint density at radius 1 is 1.06 bits per heavy atom. The van der Waals surface area contributed by atoms with E-state index in [0.717, 1.165) is 61.3 Å². The predicted octanol–water partition coefficient (Wildman–Crippen LogP) is 5.19. The summed E-state index contributed by atoms with van der Waals surface area (Å²) >= 11 is 0. The van der Waals surface area contributed by atoms with Gasteiger partial charge >= 0.3 is 0 Å². The van der Waals surface area contributed by atoms with Gasteiger partial charge in [-0.25, -0.2) is 4.68 Å². The molecule has 6 heteroatoms. The fraction of sp³-hybridized carbons (Fsp3) is 0.407. The Labute approximate surface area is 195 Å². The number of rotatable bonds is 8. The zero-order valence-corrected chi connectivity index (χ0v) is 19.2. The van der Waals surface area contributed by atoms with Crippen molar-refractivity contribution in [3.8, 4) is 22.9 Å². The highest BCUT2D eigenvalue weighted by Crippen LogP contribution is 2.36. The average molecular weight is 446 g/mol. The van der Waals surface area contributed by atoms with E-state index in [-0.39, 0.29) is 17.9 Å². The van der Waals surface area contributed by atoms with Gasteiger partial charge in [-0.05, 0) is 37.8 Å². The Hall–Kier alpha value is -3.12. The second-order valence-electron chi connectivity index (χ2n) is 9.02. The Morgan fingerprint density at radius 2 is 1.79 bits per heavy atom. The molecule has 1 aliphatic carbocycles. The van der Waals surface area contributed by atoms with Crippen LogP contribution in [0.15, 0.2) is 60.7 Å². The van der Waals surface area contributed by atoms with Gasteiger partial charge < -0.3 is 14.4 Å². The van der Waals surface area contributed by atoms with Crippen LogP contribution in [0.4, 0.5) is 0 Å². The molecule has 1 aliphatic heterocycles. The van der Waals surface area contributed by atoms with Crippen LogP contribution in [-0.2, 0) is 23.1 Å². The molecule has 2 aliphatic rings. The number of carbonyl (C=O) groups excluding carboxylic acids is 1. The van der Waals surface area contributed by atoms with E-state index in [9.17, 15) is 4.79 Å². The lowest BCUT2D eigenvalue weighted by atomic mass is 9.84. The summed E-state index contributed by atoms with van der Waals surface area (Å²) in [6, 6.07) is 19.9. The number of nitrogens with zero attached hydrogens (tertiary/aromatic N) is 3. The van der Waals surface area contributed by atoms with Gasteiger partial charge in [0.1, 0.15) is 11.4 Å². The average Bonchev–Trinajstić information content (AvgIpc) is 3.42. The first kappa shape index (κ1) is 21.7. The van der Waals surface area contributed by atoms with Crippen LogP contribution in [0.2, 0.25) is 0 Å². The molecule has 3 aromatic rings. The van der Waals surface area contributed by atoms with E-state index in [4.69, 9.17) is 14.6 Å². The molecule has 2 fully saturated rings. The summed E-state index contributed by atoms with van der Waals surface area (Å²) in [6.07, 6.45) is 5.25. The second kappa shape index (κ2) is 9.79. The van der Waals surface area contributed by atoms with Crippen LogP contribution in [0.5, 0.6) is 11.6 Å². The van der Waals surface area contributed by atoms with Crippen LogP contribution >= 0.6 is 0 Å². The molecular formula is C27H31N3O3. The third-order valence-corrected chi connectivity index (χ3v) is 6.66. The molecule has 2 heterocycles. The van der Waals surface area contributed by atoms with E-state index in [1.165, 1.54) is 0 Å². The number of hydrogen-bond donors (Lipinski definition) is 0. The van der Waals surface area contributed by atoms with Gasteiger partial charge in [-0.3, -0.25) is 4.79 Å². The second-order valence-corrected chi connectivity index (χ2v) is 9.02. The number of ether oxygens (including phenoxy) is 2. The summed E-state index contributed by atoms with van der Waals surface area (Å²) in [7, 11) is 1.90. The van der Waals surface area contributed by atoms with Gasteiger partial charge in [0.2, 0.25) is 11.8 Å². The molecule has 0 N–H and O–H groups in total. The summed E-state index contributed by atoms with van der Waals surface area (Å²) in [4.78, 5) is 15.4. The van der Waals surface area contributed by atoms with Crippen molar-refractivity contribution >= 4 is 5.91 Å². The Morgan fingerprint density at radius 3 is 2.42 bits per heavy atom. The molecule has 0 radical (unpaired) electrons. The lowest BCUT2D eigenvalue weighted by Gasteiger charge is -2.33. The van der Waals surface area contributed by atoms with Gasteiger partial charge in [0.15, 0.2) is 0 Å². The first-order valence-corrected chi connectivity index (χ1v) is 11.9. The van der Waals surface area contributed by atoms with Crippen molar-refractivity contribution < 1.29 is 14.3 Å². The van der Waals surface area contributed by atoms with Gasteiger partial charge in [0, 0.05) is 31.7 Å². The van der Waals surface area contributed by atoms with Crippen molar-refractivity contribution in [3.63, 3.8) is 0 Å². The Bertz CT molecular complexity index is 1070. The molecule has 1 saturated carbocycles. The van der Waals surface area contributed by atoms with E-state index >= 15 is 0 Å². The van der Waals surface area contributed by atoms with Crippen LogP contribution in [0.3, 0.4) is 0 Å². The van der Waals surface area contributed by atoms with Crippen LogP contribution in [0.1, 0.15) is 37.7 Å². The monoisotopic (exact) mass is 445 g/mol. The summed E-state index contributed by atoms with van der Waals surface area (Å²) in [5, 5.41) is 4.82. The highest BCUT2D eigenvalue weighted by Gasteiger charge is 2.33. The topological polar surface area (TPSA) is 56.6 Å². The van der Waals surface area contributed by atoms with Crippen LogP contribution in [-0.4, -0.2) is 39.8 Å². The van der Waals surface area contributed by atoms with Crippen LogP contribution in [0.25, 0.3) is 11.3 Å². The molecule has 2 aromatic carbocycles. The van der Waals surface area contributed by atoms with Gasteiger partial charge in [0.25, 0.3) is 0 Å². The smallest absolute Gasteiger partial charge is 0.226 e. The highest BCUT2D eigenvalue weighted by molar-refractivity contribution is 5.80. The molecular weight excluding hydrogens is 414 g/mol. The number of para-hydroxylation sites is 1. The minimum atomic E-state index is 0.101. The van der Waals surface area contributed by atoms with Crippen molar-refractivity contribution in [2.24, 2.45) is 13.0 Å². The zero-order valence-electron chi connectivity index (χ0n) is 19.2. The van der Waals surface area contributed by atoms with Gasteiger partial charge in [0.05, 0.1) is 18.2 Å². The first-order chi connectivity index (χ1) is 16.2. The summed E-state index contributed by atoms with van der Waals surface area (Å²) in [5.74, 6) is 1.77. The van der Waals surface area contributed by atoms with Crippen molar-refractivity contribution in [2.45, 2.75) is 44.8 Å². The van der Waals surface area contributed by atoms with E-state index < -0.39 is 0 Å². The molecule has 5 rings (SSSR count). The normalized spacial score (nSPS) is 18.2. The lowest BCUT2D eigenvalue weighted by molar-refractivity contribution is -0.140. The van der Waals surface area contributed by atoms with Crippen molar-refractivity contribution in [3.05, 3.63) is 66.2 Å². The predicted molar refractivity (Wildman–Crippen MR) is 127 cm³/mol. The maximum atomic E-state index is 13.4. The van der Waals surface area contributed by atoms with Crippen molar-refractivity contribution in [1.82, 2.24) is 14.7 Å². The Balaban J connectivity index is 1.52. The fourth-order valence-electron chi connectivity index (χ4n) is 4.62. The minimum absolute atomic E-state index is 0.101. The maximum absolute atomic E-state index is 13.4. The minimum Gasteiger partial charge on any atom is -0.439 e. The van der Waals surface area contributed by atoms with E-state index in [1.54, 1.807) is 4.68 Å². The molecule has 1 saturated heterocycles. The largest absolute Gasteiger partial charge is 0.439 e. The van der Waals surface area contributed by atoms with Gasteiger partial charge in [-0.15, -0.1) is 0 Å². The van der Waals surface area contributed by atoms with E-state index in [2.05, 4.69) is 12.1 Å². The number of aromatic nitrogens is 2. The quantitative estimate of drug-likeness (QED) is 0.479. The first-order valence-electron chi connectivity index (χ1n) is 11.9. The summed E-state index contributed by atoms with van der Waals surface area (Å²) in [5.41, 5.74) is 2.79. The molecule has 0 spiro atoms. The molecule has 1 aromatic heterocycles. The molecule has 172 valence electrons. The summed E-state index contributed by atoms with van der Waals surface area (Å²) < 4.78 is 14.0. The van der Waals surface area contributed by atoms with Crippen molar-refractivity contribution in [1.29, 1.82) is 0 Å². The third kappa shape index (κ3) is 4.81. The summed E-state index contributed by atoms with van der Waals surface area (Å²) in [6.45, 7) is 1.85. The van der Waals surface area contributed by atoms with E-state index in [0.29, 0.717) is 19.0 Å².